The van der Waals surface area contributed by atoms with Crippen molar-refractivity contribution in [3.8, 4) is 0 Å². The highest BCUT2D eigenvalue weighted by molar-refractivity contribution is 6.10. The molecule has 2 spiro atoms. The Kier molecular flexibility index (Phi) is 4.33. The highest BCUT2D eigenvalue weighted by Crippen LogP contribution is 2.67. The molecule has 40 heavy (non-hydrogen) atoms. The SMILES string of the molecule is O=C1Nc2ccccc2[C@]12[C@H]1c3ccccc3CCN1[C@]1(C(=O)Nc3ccccc31)[C@H]1c3ccccc3CCN12. The predicted octanol–water partition coefficient (Wildman–Crippen LogP) is 4.89. The Hall–Kier alpha value is -4.26. The van der Waals surface area contributed by atoms with E-state index in [-0.39, 0.29) is 23.9 Å². The van der Waals surface area contributed by atoms with Crippen LogP contribution in [-0.2, 0) is 33.5 Å². The molecule has 4 aromatic rings. The summed E-state index contributed by atoms with van der Waals surface area (Å²) in [5, 5.41) is 6.56. The lowest BCUT2D eigenvalue weighted by Crippen LogP contribution is -2.75. The molecule has 5 aliphatic rings. The van der Waals surface area contributed by atoms with Crippen molar-refractivity contribution in [3.63, 3.8) is 0 Å². The molecule has 0 aromatic heterocycles. The third-order valence-corrected chi connectivity index (χ3v) is 10.1. The first-order valence-electron chi connectivity index (χ1n) is 14.2. The summed E-state index contributed by atoms with van der Waals surface area (Å²) in [6.07, 6.45) is 1.63. The molecule has 0 aliphatic carbocycles. The molecule has 0 saturated carbocycles. The van der Waals surface area contributed by atoms with Crippen LogP contribution in [0, 0.1) is 0 Å². The number of hydrogen-bond donors (Lipinski definition) is 2. The van der Waals surface area contributed by atoms with Gasteiger partial charge in [0.25, 0.3) is 11.8 Å². The molecular formula is C34H28N4O2. The van der Waals surface area contributed by atoms with Crippen LogP contribution in [0.5, 0.6) is 0 Å². The van der Waals surface area contributed by atoms with Crippen LogP contribution in [0.15, 0.2) is 97.1 Å². The summed E-state index contributed by atoms with van der Waals surface area (Å²) < 4.78 is 0. The Balaban J connectivity index is 1.44. The molecule has 5 heterocycles. The van der Waals surface area contributed by atoms with E-state index in [0.717, 1.165) is 46.5 Å². The number of carbonyl (C=O) groups excluding carboxylic acids is 2. The molecule has 0 unspecified atom stereocenters. The lowest BCUT2D eigenvalue weighted by Gasteiger charge is -2.66. The molecule has 4 aromatic carbocycles. The van der Waals surface area contributed by atoms with Gasteiger partial charge in [-0.1, -0.05) is 84.9 Å². The Morgan fingerprint density at radius 2 is 0.950 bits per heavy atom. The zero-order chi connectivity index (χ0) is 26.6. The Labute approximate surface area is 232 Å². The fraction of sp³-hybridized carbons (Fsp3) is 0.235. The minimum absolute atomic E-state index is 0.00803. The van der Waals surface area contributed by atoms with E-state index in [1.54, 1.807) is 0 Å². The molecule has 0 bridgehead atoms. The molecule has 1 saturated heterocycles. The van der Waals surface area contributed by atoms with Crippen LogP contribution in [0.4, 0.5) is 11.4 Å². The van der Waals surface area contributed by atoms with Gasteiger partial charge in [0.05, 0.1) is 12.1 Å². The molecule has 5 aliphatic heterocycles. The first-order chi connectivity index (χ1) is 19.7. The minimum Gasteiger partial charge on any atom is -0.324 e. The van der Waals surface area contributed by atoms with E-state index in [0.29, 0.717) is 13.1 Å². The van der Waals surface area contributed by atoms with Gasteiger partial charge in [-0.25, -0.2) is 0 Å². The Bertz CT molecular complexity index is 1640. The normalized spacial score (nSPS) is 29.6. The molecule has 6 nitrogen and oxygen atoms in total. The Morgan fingerprint density at radius 3 is 1.43 bits per heavy atom. The standard InChI is InChI=1S/C34H28N4O2/c39-31-33(25-13-5-7-15-27(25)35-31)29-23-11-3-1-9-21(23)17-19-37(29)34(26-14-6-8-16-28(26)36-32(34)40)30-24-12-4-2-10-22(24)18-20-38(30)33/h1-16,29-30H,17-20H2,(H,35,39)(H,36,40)/t29-,30-,33+,34+/m1/s1. The van der Waals surface area contributed by atoms with Crippen LogP contribution in [0.3, 0.4) is 0 Å². The smallest absolute Gasteiger partial charge is 0.251 e. The summed E-state index contributed by atoms with van der Waals surface area (Å²) in [5.74, 6) is -0.0161. The number of benzene rings is 4. The van der Waals surface area contributed by atoms with Crippen LogP contribution in [0.1, 0.15) is 45.5 Å². The number of piperazine rings is 1. The highest BCUT2D eigenvalue weighted by atomic mass is 16.2. The summed E-state index contributed by atoms with van der Waals surface area (Å²) in [6.45, 7) is 1.35. The van der Waals surface area contributed by atoms with E-state index in [1.165, 1.54) is 11.1 Å². The van der Waals surface area contributed by atoms with Crippen molar-refractivity contribution in [2.75, 3.05) is 23.7 Å². The van der Waals surface area contributed by atoms with Gasteiger partial charge in [0.15, 0.2) is 0 Å². The van der Waals surface area contributed by atoms with Gasteiger partial charge in [-0.15, -0.1) is 0 Å². The first kappa shape index (κ1) is 22.5. The van der Waals surface area contributed by atoms with Gasteiger partial charge in [-0.2, -0.15) is 0 Å². The fourth-order valence-electron chi connectivity index (χ4n) is 8.75. The third kappa shape index (κ3) is 2.44. The van der Waals surface area contributed by atoms with Crippen LogP contribution in [0.25, 0.3) is 0 Å². The number of para-hydroxylation sites is 2. The van der Waals surface area contributed by atoms with Gasteiger partial charge in [-0.05, 0) is 47.2 Å². The number of hydrogen-bond acceptors (Lipinski definition) is 4. The number of rotatable bonds is 0. The van der Waals surface area contributed by atoms with Gasteiger partial charge in [-0.3, -0.25) is 19.4 Å². The number of nitrogens with one attached hydrogen (secondary N) is 2. The van der Waals surface area contributed by atoms with Crippen molar-refractivity contribution in [2.24, 2.45) is 0 Å². The second-order valence-electron chi connectivity index (χ2n) is 11.6. The lowest BCUT2D eigenvalue weighted by molar-refractivity contribution is -0.190. The number of nitrogens with zero attached hydrogens (tertiary/aromatic N) is 2. The van der Waals surface area contributed by atoms with Gasteiger partial charge >= 0.3 is 0 Å². The van der Waals surface area contributed by atoms with Crippen molar-refractivity contribution in [1.82, 2.24) is 9.80 Å². The Morgan fingerprint density at radius 1 is 0.550 bits per heavy atom. The number of amides is 2. The zero-order valence-electron chi connectivity index (χ0n) is 21.9. The van der Waals surface area contributed by atoms with E-state index in [2.05, 4.69) is 81.1 Å². The van der Waals surface area contributed by atoms with Crippen LogP contribution in [-0.4, -0.2) is 34.7 Å². The molecule has 4 atom stereocenters. The summed E-state index contributed by atoms with van der Waals surface area (Å²) >= 11 is 0. The monoisotopic (exact) mass is 524 g/mol. The molecule has 2 N–H and O–H groups in total. The van der Waals surface area contributed by atoms with E-state index in [1.807, 2.05) is 36.4 Å². The molecule has 6 heteroatoms. The average Bonchev–Trinajstić information content (AvgIpc) is 3.46. The third-order valence-electron chi connectivity index (χ3n) is 10.1. The van der Waals surface area contributed by atoms with Crippen molar-refractivity contribution >= 4 is 23.2 Å². The maximum atomic E-state index is 14.7. The fourth-order valence-corrected chi connectivity index (χ4v) is 8.75. The summed E-state index contributed by atoms with van der Waals surface area (Å²) in [4.78, 5) is 34.2. The molecule has 2 amide bonds. The van der Waals surface area contributed by atoms with Gasteiger partial charge in [0.2, 0.25) is 0 Å². The van der Waals surface area contributed by atoms with Gasteiger partial charge in [0, 0.05) is 35.6 Å². The van der Waals surface area contributed by atoms with Crippen LogP contribution in [0.2, 0.25) is 0 Å². The number of carbonyl (C=O) groups is 2. The van der Waals surface area contributed by atoms with Gasteiger partial charge in [0.1, 0.15) is 11.1 Å². The highest BCUT2D eigenvalue weighted by Gasteiger charge is 2.74. The van der Waals surface area contributed by atoms with Crippen molar-refractivity contribution < 1.29 is 9.59 Å². The molecule has 1 fully saturated rings. The zero-order valence-corrected chi connectivity index (χ0v) is 21.9. The lowest BCUT2D eigenvalue weighted by atomic mass is 9.62. The maximum absolute atomic E-state index is 14.7. The number of fused-ring (bicyclic) bond motifs is 14. The quantitative estimate of drug-likeness (QED) is 0.344. The van der Waals surface area contributed by atoms with Crippen LogP contribution >= 0.6 is 0 Å². The van der Waals surface area contributed by atoms with Crippen molar-refractivity contribution in [3.05, 3.63) is 130 Å². The summed E-state index contributed by atoms with van der Waals surface area (Å²) in [6, 6.07) is 32.6. The minimum atomic E-state index is -0.992. The average molecular weight is 525 g/mol. The van der Waals surface area contributed by atoms with E-state index >= 15 is 0 Å². The number of anilines is 2. The van der Waals surface area contributed by atoms with Crippen LogP contribution < -0.4 is 10.6 Å². The molecule has 9 rings (SSSR count). The molecule has 196 valence electrons. The van der Waals surface area contributed by atoms with E-state index < -0.39 is 11.1 Å². The first-order valence-corrected chi connectivity index (χ1v) is 14.2. The van der Waals surface area contributed by atoms with Gasteiger partial charge < -0.3 is 10.6 Å². The maximum Gasteiger partial charge on any atom is 0.251 e. The van der Waals surface area contributed by atoms with E-state index in [9.17, 15) is 9.59 Å². The summed E-state index contributed by atoms with van der Waals surface area (Å²) in [7, 11) is 0. The van der Waals surface area contributed by atoms with E-state index in [4.69, 9.17) is 0 Å². The van der Waals surface area contributed by atoms with Crippen molar-refractivity contribution in [1.29, 1.82) is 0 Å². The second-order valence-corrected chi connectivity index (χ2v) is 11.6. The largest absolute Gasteiger partial charge is 0.324 e. The topological polar surface area (TPSA) is 64.7 Å². The summed E-state index contributed by atoms with van der Waals surface area (Å²) in [5.41, 5.74) is 6.50. The second kappa shape index (κ2) is 7.68. The van der Waals surface area contributed by atoms with Crippen molar-refractivity contribution in [2.45, 2.75) is 36.0 Å². The predicted molar refractivity (Wildman–Crippen MR) is 153 cm³/mol. The molecular weight excluding hydrogens is 496 g/mol. The molecule has 0 radical (unpaired) electrons.